The lowest BCUT2D eigenvalue weighted by molar-refractivity contribution is -0.166. The second kappa shape index (κ2) is 12.0. The van der Waals surface area contributed by atoms with Crippen molar-refractivity contribution in [2.75, 3.05) is 41.4 Å². The van der Waals surface area contributed by atoms with Crippen molar-refractivity contribution in [3.05, 3.63) is 70.8 Å². The van der Waals surface area contributed by atoms with Crippen LogP contribution in [0.5, 0.6) is 23.0 Å². The molecular weight excluding hydrogens is 660 g/mol. The molecule has 4 bridgehead atoms. The van der Waals surface area contributed by atoms with Gasteiger partial charge in [0.1, 0.15) is 18.3 Å². The van der Waals surface area contributed by atoms with Crippen molar-refractivity contribution in [2.45, 2.75) is 105 Å². The number of unbranched alkanes of at least 4 members (excludes halogenated alkanes) is 1. The lowest BCUT2D eigenvalue weighted by Crippen LogP contribution is -2.65. The van der Waals surface area contributed by atoms with Crippen LogP contribution in [0.15, 0.2) is 48.6 Å². The maximum Gasteiger partial charge on any atom is 0.306 e. The monoisotopic (exact) mass is 710 g/mol. The first kappa shape index (κ1) is 33.0. The Bertz CT molecular complexity index is 1860. The van der Waals surface area contributed by atoms with Gasteiger partial charge in [-0.2, -0.15) is 0 Å². The molecule has 2 aromatic rings. The molecule has 0 radical (unpaired) electrons. The Kier molecular flexibility index (Phi) is 7.60. The number of ether oxygens (including phenoxy) is 6. The van der Waals surface area contributed by atoms with E-state index in [1.807, 2.05) is 12.1 Å². The van der Waals surface area contributed by atoms with E-state index in [-0.39, 0.29) is 35.4 Å². The normalized spacial score (nSPS) is 37.4. The third kappa shape index (κ3) is 4.41. The molecule has 2 spiro atoms. The lowest BCUT2D eigenvalue weighted by Gasteiger charge is -2.56. The van der Waals surface area contributed by atoms with Gasteiger partial charge in [0.15, 0.2) is 35.4 Å². The fourth-order valence-corrected chi connectivity index (χ4v) is 12.0. The number of likely N-dealkylation sites (tertiary alicyclic amines) is 2. The fourth-order valence-electron chi connectivity index (χ4n) is 12.0. The average molecular weight is 711 g/mol. The number of benzene rings is 2. The Morgan fingerprint density at radius 2 is 1.35 bits per heavy atom. The van der Waals surface area contributed by atoms with Crippen LogP contribution in [-0.4, -0.2) is 105 Å². The zero-order valence-electron chi connectivity index (χ0n) is 30.6. The number of carbonyl (C=O) groups excluding carboxylic acids is 1. The SMILES string of the molecule is COc1ccc2c3c1O[C@H]1[C@@H](OC(O)CCCCC(=O)O[C@H]4C=C[C@H]5[C@H]6Cc7ccc(OC)c8c7[C@@]5(CCN6C)[C@H]4O8)C=C[C@H]4[C@@H](C2)N(C)CCC341. The van der Waals surface area contributed by atoms with E-state index in [9.17, 15) is 9.90 Å². The number of esters is 1. The molecule has 276 valence electrons. The number of rotatable bonds is 10. The van der Waals surface area contributed by atoms with Crippen molar-refractivity contribution < 1.29 is 38.3 Å². The van der Waals surface area contributed by atoms with Crippen molar-refractivity contribution >= 4 is 5.97 Å². The molecule has 2 aromatic carbocycles. The molecule has 2 unspecified atom stereocenters. The van der Waals surface area contributed by atoms with Gasteiger partial charge in [-0.1, -0.05) is 30.4 Å². The smallest absolute Gasteiger partial charge is 0.306 e. The summed E-state index contributed by atoms with van der Waals surface area (Å²) < 4.78 is 37.6. The Morgan fingerprint density at radius 1 is 0.808 bits per heavy atom. The number of methoxy groups -OCH3 is 2. The molecule has 1 N–H and O–H groups in total. The maximum absolute atomic E-state index is 13.3. The Balaban J connectivity index is 0.785. The van der Waals surface area contributed by atoms with Crippen LogP contribution in [0.4, 0.5) is 0 Å². The minimum absolute atomic E-state index is 0.201. The molecule has 10 heteroatoms. The van der Waals surface area contributed by atoms with Crippen molar-refractivity contribution in [1.82, 2.24) is 9.80 Å². The van der Waals surface area contributed by atoms with Gasteiger partial charge in [-0.25, -0.2) is 0 Å². The standard InChI is InChI=1S/C42H50N2O8/c1-43-19-17-41-25-11-15-31(39(41)51-37-29(47-3)13-9-23(35(37)41)21-27(25)43)49-33(45)7-5-6-8-34(46)50-32-16-12-26-28-22-24-10-14-30(48-4)38-36(24)42(26,40(32)52-38)18-20-44(28)2/h9-16,25-28,31-33,39-40,45H,5-8,17-22H2,1-4H3/t25-,26-,27+,28+,31-,32-,33?,39-,40-,41?,42-/m0/s1. The number of hydrogen-bond donors (Lipinski definition) is 1. The number of nitrogens with zero attached hydrogens (tertiary/aromatic N) is 2. The largest absolute Gasteiger partial charge is 0.493 e. The van der Waals surface area contributed by atoms with Crippen LogP contribution < -0.4 is 18.9 Å². The molecule has 4 aliphatic heterocycles. The Morgan fingerprint density at radius 3 is 1.90 bits per heavy atom. The second-order valence-corrected chi connectivity index (χ2v) is 16.5. The van der Waals surface area contributed by atoms with Crippen LogP contribution in [0.2, 0.25) is 0 Å². The van der Waals surface area contributed by atoms with Crippen LogP contribution in [0.3, 0.4) is 0 Å². The van der Waals surface area contributed by atoms with Crippen molar-refractivity contribution in [3.8, 4) is 23.0 Å². The van der Waals surface area contributed by atoms with Crippen LogP contribution >= 0.6 is 0 Å². The van der Waals surface area contributed by atoms with E-state index in [0.29, 0.717) is 43.2 Å². The molecule has 8 aliphatic rings. The van der Waals surface area contributed by atoms with Crippen molar-refractivity contribution in [1.29, 1.82) is 0 Å². The van der Waals surface area contributed by atoms with Gasteiger partial charge in [-0.3, -0.25) is 4.79 Å². The predicted octanol–water partition coefficient (Wildman–Crippen LogP) is 4.47. The van der Waals surface area contributed by atoms with Crippen molar-refractivity contribution in [2.24, 2.45) is 11.8 Å². The van der Waals surface area contributed by atoms with E-state index in [0.717, 1.165) is 61.8 Å². The van der Waals surface area contributed by atoms with Gasteiger partial charge >= 0.3 is 5.97 Å². The molecule has 52 heavy (non-hydrogen) atoms. The first-order valence-electron chi connectivity index (χ1n) is 19.3. The van der Waals surface area contributed by atoms with Gasteiger partial charge < -0.3 is 43.3 Å². The van der Waals surface area contributed by atoms with Crippen molar-refractivity contribution in [3.63, 3.8) is 0 Å². The quantitative estimate of drug-likeness (QED) is 0.165. The van der Waals surface area contributed by atoms with Gasteiger partial charge in [0.25, 0.3) is 0 Å². The van der Waals surface area contributed by atoms with Gasteiger partial charge in [0.2, 0.25) is 0 Å². The van der Waals surface area contributed by atoms with E-state index in [1.54, 1.807) is 14.2 Å². The number of piperidine rings is 2. The molecule has 2 fully saturated rings. The topological polar surface area (TPSA) is 99.2 Å². The number of aliphatic hydroxyl groups excluding tert-OH is 1. The maximum atomic E-state index is 13.3. The highest BCUT2D eigenvalue weighted by Crippen LogP contribution is 2.64. The zero-order valence-corrected chi connectivity index (χ0v) is 30.6. The van der Waals surface area contributed by atoms with Gasteiger partial charge in [0.05, 0.1) is 14.2 Å². The molecule has 11 atom stereocenters. The van der Waals surface area contributed by atoms with E-state index < -0.39 is 18.5 Å². The van der Waals surface area contributed by atoms with E-state index in [4.69, 9.17) is 28.4 Å². The summed E-state index contributed by atoms with van der Waals surface area (Å²) in [6.07, 6.45) is 12.2. The summed E-state index contributed by atoms with van der Waals surface area (Å²) in [6.45, 7) is 1.96. The van der Waals surface area contributed by atoms with E-state index >= 15 is 0 Å². The highest BCUT2D eigenvalue weighted by molar-refractivity contribution is 5.70. The number of aliphatic hydroxyl groups is 1. The second-order valence-electron chi connectivity index (χ2n) is 16.5. The summed E-state index contributed by atoms with van der Waals surface area (Å²) in [7, 11) is 7.82. The fraction of sp³-hybridized carbons (Fsp3) is 0.595. The van der Waals surface area contributed by atoms with Gasteiger partial charge in [-0.15, -0.1) is 0 Å². The summed E-state index contributed by atoms with van der Waals surface area (Å²) in [4.78, 5) is 18.3. The molecule has 0 amide bonds. The molecule has 4 aliphatic carbocycles. The molecule has 0 aromatic heterocycles. The minimum Gasteiger partial charge on any atom is -0.493 e. The molecular formula is C42H50N2O8. The number of carbonyl (C=O) groups is 1. The number of likely N-dealkylation sites (N-methyl/N-ethyl adjacent to an activating group) is 2. The summed E-state index contributed by atoms with van der Waals surface area (Å²) in [6, 6.07) is 9.22. The first-order chi connectivity index (χ1) is 25.3. The molecule has 0 saturated carbocycles. The minimum atomic E-state index is -0.978. The molecule has 10 rings (SSSR count). The highest BCUT2D eigenvalue weighted by atomic mass is 16.6. The van der Waals surface area contributed by atoms with Crippen LogP contribution in [0.25, 0.3) is 0 Å². The summed E-state index contributed by atoms with van der Waals surface area (Å²) in [5.41, 5.74) is 4.77. The lowest BCUT2D eigenvalue weighted by atomic mass is 9.53. The Hall–Kier alpha value is -3.57. The number of hydrogen-bond acceptors (Lipinski definition) is 10. The van der Waals surface area contributed by atoms with Crippen LogP contribution in [-0.2, 0) is 37.9 Å². The molecule has 4 heterocycles. The van der Waals surface area contributed by atoms with Crippen LogP contribution in [0, 0.1) is 11.8 Å². The Labute approximate surface area is 305 Å². The van der Waals surface area contributed by atoms with Crippen LogP contribution in [0.1, 0.15) is 60.8 Å². The third-order valence-corrected chi connectivity index (χ3v) is 14.3. The van der Waals surface area contributed by atoms with E-state index in [2.05, 4.69) is 60.3 Å². The first-order valence-corrected chi connectivity index (χ1v) is 19.3. The van der Waals surface area contributed by atoms with Gasteiger partial charge in [-0.05, 0) is 101 Å². The highest BCUT2D eigenvalue weighted by Gasteiger charge is 2.66. The zero-order chi connectivity index (χ0) is 35.5. The third-order valence-electron chi connectivity index (χ3n) is 14.3. The summed E-state index contributed by atoms with van der Waals surface area (Å²) >= 11 is 0. The summed E-state index contributed by atoms with van der Waals surface area (Å²) in [5.74, 6) is 3.54. The average Bonchev–Trinajstić information content (AvgIpc) is 3.68. The summed E-state index contributed by atoms with van der Waals surface area (Å²) in [5, 5.41) is 11.1. The predicted molar refractivity (Wildman–Crippen MR) is 192 cm³/mol. The van der Waals surface area contributed by atoms with E-state index in [1.165, 1.54) is 22.3 Å². The van der Waals surface area contributed by atoms with Gasteiger partial charge in [0, 0.05) is 52.3 Å². The molecule has 2 saturated heterocycles. The molecule has 10 nitrogen and oxygen atoms in total.